The number of hydrogen-bond donors (Lipinski definition) is 3. The highest BCUT2D eigenvalue weighted by atomic mass is 127. The molecule has 0 aliphatic rings. The molecule has 124 valence electrons. The quantitative estimate of drug-likeness (QED) is 0.374. The highest BCUT2D eigenvalue weighted by Gasteiger charge is 2.02. The van der Waals surface area contributed by atoms with Crippen LogP contribution in [0.2, 0.25) is 0 Å². The number of hydrogen-bond acceptors (Lipinski definition) is 3. The molecule has 2 rings (SSSR count). The highest BCUT2D eigenvalue weighted by Crippen LogP contribution is 2.05. The van der Waals surface area contributed by atoms with Crippen LogP contribution in [0.5, 0.6) is 0 Å². The van der Waals surface area contributed by atoms with Crippen molar-refractivity contribution >= 4 is 35.8 Å². The molecule has 2 aromatic rings. The van der Waals surface area contributed by atoms with E-state index in [1.165, 1.54) is 0 Å². The third-order valence-corrected chi connectivity index (χ3v) is 3.01. The molecule has 1 aromatic carbocycles. The van der Waals surface area contributed by atoms with Gasteiger partial charge in [-0.3, -0.25) is 4.79 Å². The van der Waals surface area contributed by atoms with Crippen molar-refractivity contribution in [2.45, 2.75) is 20.0 Å². The Morgan fingerprint density at radius 3 is 2.52 bits per heavy atom. The van der Waals surface area contributed by atoms with Gasteiger partial charge < -0.3 is 20.8 Å². The van der Waals surface area contributed by atoms with Gasteiger partial charge >= 0.3 is 0 Å². The first kappa shape index (κ1) is 19.0. The molecule has 1 aromatic heterocycles. The highest BCUT2D eigenvalue weighted by molar-refractivity contribution is 14.0. The molecule has 0 saturated heterocycles. The van der Waals surface area contributed by atoms with E-state index in [2.05, 4.69) is 15.6 Å². The Morgan fingerprint density at radius 1 is 1.22 bits per heavy atom. The minimum atomic E-state index is -0.427. The summed E-state index contributed by atoms with van der Waals surface area (Å²) in [7, 11) is 0. The molecule has 1 heterocycles. The van der Waals surface area contributed by atoms with E-state index in [0.29, 0.717) is 24.6 Å². The first-order valence-corrected chi connectivity index (χ1v) is 7.12. The number of nitrogens with one attached hydrogen (secondary N) is 2. The van der Waals surface area contributed by atoms with Gasteiger partial charge in [-0.25, -0.2) is 4.99 Å². The number of guanidine groups is 1. The van der Waals surface area contributed by atoms with E-state index in [1.807, 2.05) is 31.2 Å². The second kappa shape index (κ2) is 9.88. The van der Waals surface area contributed by atoms with Crippen molar-refractivity contribution in [3.05, 3.63) is 59.5 Å². The maximum Gasteiger partial charge on any atom is 0.248 e. The van der Waals surface area contributed by atoms with Gasteiger partial charge in [-0.1, -0.05) is 12.1 Å². The number of aliphatic imine (C=N–C) groups is 1. The van der Waals surface area contributed by atoms with Gasteiger partial charge in [0, 0.05) is 12.1 Å². The minimum Gasteiger partial charge on any atom is -0.467 e. The SMILES string of the molecule is CCNC(=NCc1ccc(C(N)=O)cc1)NCc1ccco1.I. The van der Waals surface area contributed by atoms with Crippen molar-refractivity contribution in [2.75, 3.05) is 6.54 Å². The van der Waals surface area contributed by atoms with Crippen molar-refractivity contribution in [3.8, 4) is 0 Å². The van der Waals surface area contributed by atoms with E-state index in [1.54, 1.807) is 18.4 Å². The second-order valence-electron chi connectivity index (χ2n) is 4.69. The van der Waals surface area contributed by atoms with Crippen molar-refractivity contribution in [3.63, 3.8) is 0 Å². The lowest BCUT2D eigenvalue weighted by Crippen LogP contribution is -2.36. The summed E-state index contributed by atoms with van der Waals surface area (Å²) in [5, 5.41) is 6.36. The summed E-state index contributed by atoms with van der Waals surface area (Å²) in [5.41, 5.74) is 6.71. The van der Waals surface area contributed by atoms with Crippen LogP contribution in [0.25, 0.3) is 0 Å². The van der Waals surface area contributed by atoms with Crippen molar-refractivity contribution in [1.29, 1.82) is 0 Å². The number of benzene rings is 1. The van der Waals surface area contributed by atoms with E-state index >= 15 is 0 Å². The number of nitrogens with two attached hydrogens (primary N) is 1. The Hall–Kier alpha value is -2.03. The van der Waals surface area contributed by atoms with E-state index in [0.717, 1.165) is 17.9 Å². The zero-order chi connectivity index (χ0) is 15.8. The topological polar surface area (TPSA) is 92.6 Å². The van der Waals surface area contributed by atoms with Crippen LogP contribution in [0.4, 0.5) is 0 Å². The van der Waals surface area contributed by atoms with E-state index in [-0.39, 0.29) is 24.0 Å². The Labute approximate surface area is 152 Å². The van der Waals surface area contributed by atoms with Crippen LogP contribution in [0.3, 0.4) is 0 Å². The first-order valence-electron chi connectivity index (χ1n) is 7.12. The maximum atomic E-state index is 11.0. The summed E-state index contributed by atoms with van der Waals surface area (Å²) in [6, 6.07) is 10.9. The van der Waals surface area contributed by atoms with Crippen LogP contribution in [-0.2, 0) is 13.1 Å². The average molecular weight is 428 g/mol. The number of carbonyl (C=O) groups is 1. The predicted molar refractivity (Wildman–Crippen MR) is 101 cm³/mol. The zero-order valence-electron chi connectivity index (χ0n) is 12.9. The fourth-order valence-corrected chi connectivity index (χ4v) is 1.87. The summed E-state index contributed by atoms with van der Waals surface area (Å²) < 4.78 is 5.27. The van der Waals surface area contributed by atoms with E-state index in [9.17, 15) is 4.79 Å². The summed E-state index contributed by atoms with van der Waals surface area (Å²) in [6.07, 6.45) is 1.64. The van der Waals surface area contributed by atoms with Crippen LogP contribution < -0.4 is 16.4 Å². The fourth-order valence-electron chi connectivity index (χ4n) is 1.87. The number of rotatable bonds is 6. The lowest BCUT2D eigenvalue weighted by molar-refractivity contribution is 0.100. The zero-order valence-corrected chi connectivity index (χ0v) is 15.2. The molecular weight excluding hydrogens is 407 g/mol. The van der Waals surface area contributed by atoms with Gasteiger partial charge in [0.15, 0.2) is 5.96 Å². The lowest BCUT2D eigenvalue weighted by atomic mass is 10.1. The number of nitrogens with zero attached hydrogens (tertiary/aromatic N) is 1. The molecule has 0 saturated carbocycles. The van der Waals surface area contributed by atoms with E-state index in [4.69, 9.17) is 10.2 Å². The molecule has 23 heavy (non-hydrogen) atoms. The molecule has 7 heteroatoms. The van der Waals surface area contributed by atoms with Crippen LogP contribution >= 0.6 is 24.0 Å². The molecule has 4 N–H and O–H groups in total. The molecule has 0 fully saturated rings. The number of halogens is 1. The molecule has 0 bridgehead atoms. The molecule has 1 amide bonds. The average Bonchev–Trinajstić information content (AvgIpc) is 3.04. The van der Waals surface area contributed by atoms with Crippen LogP contribution in [0.1, 0.15) is 28.6 Å². The smallest absolute Gasteiger partial charge is 0.248 e. The molecule has 0 atom stereocenters. The molecular formula is C16H21IN4O2. The Morgan fingerprint density at radius 2 is 1.96 bits per heavy atom. The number of carbonyl (C=O) groups excluding carboxylic acids is 1. The summed E-state index contributed by atoms with van der Waals surface area (Å²) >= 11 is 0. The van der Waals surface area contributed by atoms with Gasteiger partial charge in [0.1, 0.15) is 5.76 Å². The number of amides is 1. The van der Waals surface area contributed by atoms with Gasteiger partial charge in [-0.15, -0.1) is 24.0 Å². The first-order chi connectivity index (χ1) is 10.7. The number of furan rings is 1. The van der Waals surface area contributed by atoms with E-state index < -0.39 is 5.91 Å². The van der Waals surface area contributed by atoms with Crippen molar-refractivity contribution in [2.24, 2.45) is 10.7 Å². The van der Waals surface area contributed by atoms with Crippen LogP contribution in [-0.4, -0.2) is 18.4 Å². The molecule has 0 aliphatic carbocycles. The number of primary amides is 1. The lowest BCUT2D eigenvalue weighted by Gasteiger charge is -2.10. The molecule has 0 radical (unpaired) electrons. The van der Waals surface area contributed by atoms with Gasteiger partial charge in [0.05, 0.1) is 19.4 Å². The third kappa shape index (κ3) is 6.31. The normalized spacial score (nSPS) is 10.7. The van der Waals surface area contributed by atoms with Crippen LogP contribution in [0.15, 0.2) is 52.1 Å². The van der Waals surface area contributed by atoms with Gasteiger partial charge in [0.25, 0.3) is 0 Å². The molecule has 6 nitrogen and oxygen atoms in total. The molecule has 0 unspecified atom stereocenters. The second-order valence-corrected chi connectivity index (χ2v) is 4.69. The maximum absolute atomic E-state index is 11.0. The molecule has 0 spiro atoms. The summed E-state index contributed by atoms with van der Waals surface area (Å²) in [6.45, 7) is 3.85. The Balaban J connectivity index is 0.00000264. The van der Waals surface area contributed by atoms with Gasteiger partial charge in [0.2, 0.25) is 5.91 Å². The Kier molecular flexibility index (Phi) is 8.17. The largest absolute Gasteiger partial charge is 0.467 e. The summed E-state index contributed by atoms with van der Waals surface area (Å²) in [5.74, 6) is 1.12. The van der Waals surface area contributed by atoms with Crippen LogP contribution in [0, 0.1) is 0 Å². The standard InChI is InChI=1S/C16H20N4O2.HI/c1-2-18-16(20-11-14-4-3-9-22-14)19-10-12-5-7-13(8-6-12)15(17)21;/h3-9H,2,10-11H2,1H3,(H2,17,21)(H2,18,19,20);1H. The monoisotopic (exact) mass is 428 g/mol. The Bertz CT molecular complexity index is 624. The van der Waals surface area contributed by atoms with Crippen molar-refractivity contribution < 1.29 is 9.21 Å². The van der Waals surface area contributed by atoms with Gasteiger partial charge in [-0.05, 0) is 36.8 Å². The third-order valence-electron chi connectivity index (χ3n) is 3.01. The predicted octanol–water partition coefficient (Wildman–Crippen LogP) is 2.25. The van der Waals surface area contributed by atoms with Gasteiger partial charge in [-0.2, -0.15) is 0 Å². The minimum absolute atomic E-state index is 0. The summed E-state index contributed by atoms with van der Waals surface area (Å²) in [4.78, 5) is 15.5. The molecule has 0 aliphatic heterocycles. The van der Waals surface area contributed by atoms with Crippen molar-refractivity contribution in [1.82, 2.24) is 10.6 Å². The fraction of sp³-hybridized carbons (Fsp3) is 0.250.